The number of carbonyl (C=O) groups excluding carboxylic acids is 1. The van der Waals surface area contributed by atoms with Gasteiger partial charge in [0.25, 0.3) is 11.8 Å². The summed E-state index contributed by atoms with van der Waals surface area (Å²) in [5.74, 6) is 0.370. The van der Waals surface area contributed by atoms with Crippen molar-refractivity contribution in [1.82, 2.24) is 10.2 Å². The molecule has 0 saturated heterocycles. The monoisotopic (exact) mass is 261 g/mol. The van der Waals surface area contributed by atoms with Crippen molar-refractivity contribution in [2.75, 3.05) is 5.32 Å². The first kappa shape index (κ1) is 11.0. The van der Waals surface area contributed by atoms with Gasteiger partial charge in [0.1, 0.15) is 5.56 Å². The number of fused-ring (bicyclic) bond motifs is 2. The van der Waals surface area contributed by atoms with Crippen molar-refractivity contribution in [3.63, 3.8) is 0 Å². The van der Waals surface area contributed by atoms with Gasteiger partial charge in [-0.2, -0.15) is 0 Å². The summed E-state index contributed by atoms with van der Waals surface area (Å²) in [6, 6.07) is 6.92. The number of rotatable bonds is 0. The van der Waals surface area contributed by atoms with E-state index < -0.39 is 0 Å². The Hall–Kier alpha value is -2.14. The van der Waals surface area contributed by atoms with E-state index in [0.717, 1.165) is 5.56 Å². The molecular weight excluding hydrogens is 254 g/mol. The minimum atomic E-state index is -0.314. The zero-order chi connectivity index (χ0) is 12.7. The van der Waals surface area contributed by atoms with Crippen molar-refractivity contribution in [3.05, 3.63) is 40.5 Å². The van der Waals surface area contributed by atoms with E-state index in [1.165, 1.54) is 6.07 Å². The summed E-state index contributed by atoms with van der Waals surface area (Å²) in [7, 11) is 0. The molecule has 0 radical (unpaired) electrons. The molecule has 0 spiro atoms. The van der Waals surface area contributed by atoms with Crippen LogP contribution in [-0.2, 0) is 0 Å². The van der Waals surface area contributed by atoms with Crippen LogP contribution in [0.4, 0.5) is 5.69 Å². The van der Waals surface area contributed by atoms with Gasteiger partial charge in [0.15, 0.2) is 10.9 Å². The number of carbonyl (C=O) groups is 1. The Morgan fingerprint density at radius 1 is 1.28 bits per heavy atom. The fraction of sp³-hybridized carbons (Fsp3) is 0.0833. The second-order valence-corrected chi connectivity index (χ2v) is 4.33. The lowest BCUT2D eigenvalue weighted by Crippen LogP contribution is -2.11. The maximum atomic E-state index is 12.0. The molecule has 0 saturated carbocycles. The number of nitrogens with zero attached hydrogens (tertiary/aromatic N) is 2. The number of anilines is 1. The highest BCUT2D eigenvalue weighted by Crippen LogP contribution is 2.34. The highest BCUT2D eigenvalue weighted by Gasteiger charge is 2.22. The number of hydrogen-bond donors (Lipinski definition) is 1. The molecule has 1 aliphatic heterocycles. The maximum Gasteiger partial charge on any atom is 0.261 e. The van der Waals surface area contributed by atoms with E-state index in [9.17, 15) is 4.79 Å². The van der Waals surface area contributed by atoms with Crippen molar-refractivity contribution in [1.29, 1.82) is 0 Å². The Bertz CT molecular complexity index is 658. The normalized spacial score (nSPS) is 12.9. The molecular formula is C12H8ClN3O2. The van der Waals surface area contributed by atoms with Crippen LogP contribution in [0.25, 0.3) is 0 Å². The number of hydrogen-bond acceptors (Lipinski definition) is 4. The lowest BCUT2D eigenvalue weighted by Gasteiger charge is -2.06. The standard InChI is InChI=1S/C12H8ClN3O2/c1-6-2-3-9-8(4-6)14-11(17)7-5-10(13)15-16-12(7)18-9/h2-5H,1H3,(H,14,17). The highest BCUT2D eigenvalue weighted by molar-refractivity contribution is 6.29. The number of halogens is 1. The molecule has 3 rings (SSSR count). The van der Waals surface area contributed by atoms with Crippen LogP contribution in [0.1, 0.15) is 15.9 Å². The molecule has 18 heavy (non-hydrogen) atoms. The summed E-state index contributed by atoms with van der Waals surface area (Å²) in [6.07, 6.45) is 0. The Balaban J connectivity index is 2.16. The van der Waals surface area contributed by atoms with Gasteiger partial charge in [0, 0.05) is 0 Å². The minimum Gasteiger partial charge on any atom is -0.435 e. The first-order valence-electron chi connectivity index (χ1n) is 5.26. The fourth-order valence-electron chi connectivity index (χ4n) is 1.72. The summed E-state index contributed by atoms with van der Waals surface area (Å²) in [5.41, 5.74) is 1.89. The number of aromatic nitrogens is 2. The zero-order valence-electron chi connectivity index (χ0n) is 9.40. The molecule has 2 aromatic rings. The van der Waals surface area contributed by atoms with Gasteiger partial charge in [0.05, 0.1) is 5.69 Å². The SMILES string of the molecule is Cc1ccc2c(c1)NC(=O)c1cc(Cl)nnc1O2. The van der Waals surface area contributed by atoms with Crippen LogP contribution in [0.2, 0.25) is 5.15 Å². The number of benzene rings is 1. The zero-order valence-corrected chi connectivity index (χ0v) is 10.2. The van der Waals surface area contributed by atoms with E-state index >= 15 is 0 Å². The Morgan fingerprint density at radius 2 is 2.11 bits per heavy atom. The molecule has 0 fully saturated rings. The maximum absolute atomic E-state index is 12.0. The molecule has 6 heteroatoms. The number of amides is 1. The van der Waals surface area contributed by atoms with Crippen molar-refractivity contribution >= 4 is 23.2 Å². The third-order valence-corrected chi connectivity index (χ3v) is 2.75. The van der Waals surface area contributed by atoms with E-state index in [0.29, 0.717) is 11.4 Å². The Labute approximate surface area is 108 Å². The van der Waals surface area contributed by atoms with Gasteiger partial charge in [-0.15, -0.1) is 10.2 Å². The van der Waals surface area contributed by atoms with E-state index in [-0.39, 0.29) is 22.5 Å². The average molecular weight is 262 g/mol. The van der Waals surface area contributed by atoms with Crippen LogP contribution in [-0.4, -0.2) is 16.1 Å². The molecule has 1 aromatic heterocycles. The summed E-state index contributed by atoms with van der Waals surface area (Å²) < 4.78 is 5.57. The first-order chi connectivity index (χ1) is 8.63. The third-order valence-electron chi connectivity index (χ3n) is 2.56. The molecule has 0 atom stereocenters. The van der Waals surface area contributed by atoms with E-state index in [2.05, 4.69) is 15.5 Å². The summed E-state index contributed by atoms with van der Waals surface area (Å²) in [6.45, 7) is 1.93. The van der Waals surface area contributed by atoms with Gasteiger partial charge in [0.2, 0.25) is 0 Å². The smallest absolute Gasteiger partial charge is 0.261 e. The summed E-state index contributed by atoms with van der Waals surface area (Å²) in [4.78, 5) is 12.0. The molecule has 2 heterocycles. The van der Waals surface area contributed by atoms with E-state index in [4.69, 9.17) is 16.3 Å². The van der Waals surface area contributed by atoms with Crippen molar-refractivity contribution in [2.24, 2.45) is 0 Å². The molecule has 0 unspecified atom stereocenters. The number of ether oxygens (including phenoxy) is 1. The average Bonchev–Trinajstić information content (AvgIpc) is 2.46. The van der Waals surface area contributed by atoms with Gasteiger partial charge >= 0.3 is 0 Å². The van der Waals surface area contributed by atoms with Gasteiger partial charge < -0.3 is 10.1 Å². The predicted octanol–water partition coefficient (Wildman–Crippen LogP) is 2.80. The molecule has 1 amide bonds. The van der Waals surface area contributed by atoms with Crippen LogP contribution in [0.15, 0.2) is 24.3 Å². The molecule has 1 N–H and O–H groups in total. The molecule has 5 nitrogen and oxygen atoms in total. The Morgan fingerprint density at radius 3 is 2.94 bits per heavy atom. The van der Waals surface area contributed by atoms with Gasteiger partial charge in [-0.3, -0.25) is 4.79 Å². The summed E-state index contributed by atoms with van der Waals surface area (Å²) >= 11 is 5.72. The van der Waals surface area contributed by atoms with Crippen molar-refractivity contribution < 1.29 is 9.53 Å². The molecule has 1 aliphatic rings. The molecule has 1 aromatic carbocycles. The van der Waals surface area contributed by atoms with E-state index in [1.807, 2.05) is 19.1 Å². The molecule has 0 bridgehead atoms. The first-order valence-corrected chi connectivity index (χ1v) is 5.64. The topological polar surface area (TPSA) is 64.1 Å². The molecule has 0 aliphatic carbocycles. The van der Waals surface area contributed by atoms with Gasteiger partial charge in [-0.1, -0.05) is 17.7 Å². The largest absolute Gasteiger partial charge is 0.435 e. The Kier molecular flexibility index (Phi) is 2.41. The van der Waals surface area contributed by atoms with Crippen molar-refractivity contribution in [3.8, 4) is 11.6 Å². The molecule has 90 valence electrons. The van der Waals surface area contributed by atoms with Crippen LogP contribution < -0.4 is 10.1 Å². The van der Waals surface area contributed by atoms with Crippen molar-refractivity contribution in [2.45, 2.75) is 6.92 Å². The second kappa shape index (κ2) is 3.96. The fourth-order valence-corrected chi connectivity index (χ4v) is 1.87. The highest BCUT2D eigenvalue weighted by atomic mass is 35.5. The van der Waals surface area contributed by atoms with E-state index in [1.54, 1.807) is 6.07 Å². The lowest BCUT2D eigenvalue weighted by molar-refractivity contribution is 0.102. The number of nitrogens with one attached hydrogen (secondary N) is 1. The predicted molar refractivity (Wildman–Crippen MR) is 66.2 cm³/mol. The number of aryl methyl sites for hydroxylation is 1. The van der Waals surface area contributed by atoms with Crippen LogP contribution in [0.3, 0.4) is 0 Å². The lowest BCUT2D eigenvalue weighted by atomic mass is 10.2. The van der Waals surface area contributed by atoms with Crippen LogP contribution >= 0.6 is 11.6 Å². The van der Waals surface area contributed by atoms with Gasteiger partial charge in [-0.25, -0.2) is 0 Å². The van der Waals surface area contributed by atoms with Crippen LogP contribution in [0, 0.1) is 6.92 Å². The van der Waals surface area contributed by atoms with Crippen LogP contribution in [0.5, 0.6) is 11.6 Å². The second-order valence-electron chi connectivity index (χ2n) is 3.94. The minimum absolute atomic E-state index is 0.148. The quantitative estimate of drug-likeness (QED) is 0.792. The van der Waals surface area contributed by atoms with Gasteiger partial charge in [-0.05, 0) is 30.7 Å². The summed E-state index contributed by atoms with van der Waals surface area (Å²) in [5, 5.41) is 10.4. The third kappa shape index (κ3) is 1.78.